The highest BCUT2D eigenvalue weighted by Crippen LogP contribution is 2.26. The summed E-state index contributed by atoms with van der Waals surface area (Å²) in [7, 11) is 0. The molecule has 152 valence electrons. The highest BCUT2D eigenvalue weighted by Gasteiger charge is 2.16. The standard InChI is InChI=1S/C20H20F2N4O2S/c1-2-26(11-17-24-16-6-4-3-5-15(16)19(28)25-17)12-18(27)23-13-7-9-14(10-8-13)29-20(21)22/h3-10,20H,2,11-12H2,1H3,(H,23,27)(H,24,25,28)/p+1. The van der Waals surface area contributed by atoms with Crippen LogP contribution in [-0.4, -0.2) is 34.7 Å². The monoisotopic (exact) mass is 419 g/mol. The predicted octanol–water partition coefficient (Wildman–Crippen LogP) is 2.28. The van der Waals surface area contributed by atoms with E-state index in [4.69, 9.17) is 0 Å². The Morgan fingerprint density at radius 3 is 2.62 bits per heavy atom. The molecule has 9 heteroatoms. The van der Waals surface area contributed by atoms with Gasteiger partial charge in [-0.3, -0.25) is 9.59 Å². The molecule has 6 nitrogen and oxygen atoms in total. The van der Waals surface area contributed by atoms with E-state index in [1.54, 1.807) is 42.5 Å². The Labute approximate surface area is 170 Å². The Hall–Kier alpha value is -2.78. The summed E-state index contributed by atoms with van der Waals surface area (Å²) in [6.07, 6.45) is 0. The molecule has 1 amide bonds. The second-order valence-electron chi connectivity index (χ2n) is 6.44. The van der Waals surface area contributed by atoms with Gasteiger partial charge in [-0.25, -0.2) is 4.98 Å². The Bertz CT molecular complexity index is 1040. The molecule has 0 radical (unpaired) electrons. The smallest absolute Gasteiger partial charge is 0.288 e. The number of carbonyl (C=O) groups is 1. The summed E-state index contributed by atoms with van der Waals surface area (Å²) < 4.78 is 24.7. The van der Waals surface area contributed by atoms with Crippen molar-refractivity contribution >= 4 is 34.3 Å². The number of aromatic amines is 1. The number of nitrogens with zero attached hydrogens (tertiary/aromatic N) is 1. The zero-order chi connectivity index (χ0) is 20.8. The molecule has 1 heterocycles. The van der Waals surface area contributed by atoms with Crippen LogP contribution in [0.3, 0.4) is 0 Å². The molecule has 0 saturated heterocycles. The van der Waals surface area contributed by atoms with E-state index >= 15 is 0 Å². The summed E-state index contributed by atoms with van der Waals surface area (Å²) in [5.74, 6) is -2.17. The van der Waals surface area contributed by atoms with Crippen LogP contribution >= 0.6 is 11.8 Å². The first-order valence-electron chi connectivity index (χ1n) is 9.11. The molecule has 0 bridgehead atoms. The minimum Gasteiger partial charge on any atom is -0.321 e. The summed E-state index contributed by atoms with van der Waals surface area (Å²) in [5.41, 5.74) is 0.960. The quantitative estimate of drug-likeness (QED) is 0.490. The van der Waals surface area contributed by atoms with E-state index in [-0.39, 0.29) is 18.0 Å². The number of fused-ring (bicyclic) bond motifs is 1. The maximum absolute atomic E-state index is 12.4. The van der Waals surface area contributed by atoms with Crippen molar-refractivity contribution in [2.75, 3.05) is 18.4 Å². The molecule has 0 saturated carbocycles. The maximum Gasteiger partial charge on any atom is 0.288 e. The third kappa shape index (κ3) is 5.85. The van der Waals surface area contributed by atoms with E-state index in [0.717, 1.165) is 4.90 Å². The fourth-order valence-electron chi connectivity index (χ4n) is 2.92. The normalized spacial score (nSPS) is 12.3. The van der Waals surface area contributed by atoms with Gasteiger partial charge in [-0.05, 0) is 43.3 Å². The second kappa shape index (κ2) is 9.62. The number of anilines is 1. The minimum atomic E-state index is -2.48. The lowest BCUT2D eigenvalue weighted by Crippen LogP contribution is -3.11. The Kier molecular flexibility index (Phi) is 6.95. The fraction of sp³-hybridized carbons (Fsp3) is 0.250. The van der Waals surface area contributed by atoms with Gasteiger partial charge >= 0.3 is 0 Å². The van der Waals surface area contributed by atoms with Gasteiger partial charge < -0.3 is 15.2 Å². The van der Waals surface area contributed by atoms with E-state index in [2.05, 4.69) is 15.3 Å². The molecule has 2 aromatic carbocycles. The third-order valence-electron chi connectivity index (χ3n) is 4.35. The molecular formula is C20H21F2N4O2S+. The number of likely N-dealkylation sites (N-methyl/N-ethyl adjacent to an activating group) is 1. The van der Waals surface area contributed by atoms with Crippen LogP contribution in [0.2, 0.25) is 0 Å². The summed E-state index contributed by atoms with van der Waals surface area (Å²) in [4.78, 5) is 33.2. The lowest BCUT2D eigenvalue weighted by molar-refractivity contribution is -0.904. The van der Waals surface area contributed by atoms with Crippen LogP contribution in [0, 0.1) is 0 Å². The molecule has 0 aliphatic carbocycles. The highest BCUT2D eigenvalue weighted by atomic mass is 32.2. The summed E-state index contributed by atoms with van der Waals surface area (Å²) in [6.45, 7) is 3.18. The number of H-pyrrole nitrogens is 1. The van der Waals surface area contributed by atoms with E-state index in [0.29, 0.717) is 52.2 Å². The van der Waals surface area contributed by atoms with Crippen molar-refractivity contribution in [3.63, 3.8) is 0 Å². The van der Waals surface area contributed by atoms with Crippen molar-refractivity contribution in [1.82, 2.24) is 9.97 Å². The van der Waals surface area contributed by atoms with Gasteiger partial charge in [-0.1, -0.05) is 23.9 Å². The number of carbonyl (C=O) groups excluding carboxylic acids is 1. The van der Waals surface area contributed by atoms with Crippen LogP contribution in [0.5, 0.6) is 0 Å². The third-order valence-corrected chi connectivity index (χ3v) is 5.08. The number of thioether (sulfide) groups is 1. The zero-order valence-corrected chi connectivity index (χ0v) is 16.6. The number of hydrogen-bond donors (Lipinski definition) is 3. The van der Waals surface area contributed by atoms with Crippen LogP contribution in [0.4, 0.5) is 14.5 Å². The van der Waals surface area contributed by atoms with E-state index < -0.39 is 5.76 Å². The van der Waals surface area contributed by atoms with Gasteiger partial charge in [0.15, 0.2) is 12.4 Å². The SMILES string of the molecule is CC[NH+](CC(=O)Nc1ccc(SC(F)F)cc1)Cc1nc2ccccc2c(=O)[nH]1. The molecule has 3 rings (SSSR count). The van der Waals surface area contributed by atoms with Crippen LogP contribution in [-0.2, 0) is 11.3 Å². The summed E-state index contributed by atoms with van der Waals surface area (Å²) in [6, 6.07) is 13.4. The van der Waals surface area contributed by atoms with Crippen LogP contribution in [0.1, 0.15) is 12.7 Å². The molecule has 0 aliphatic rings. The molecule has 1 unspecified atom stereocenters. The summed E-state index contributed by atoms with van der Waals surface area (Å²) >= 11 is 0.457. The molecule has 0 fully saturated rings. The van der Waals surface area contributed by atoms with Crippen LogP contribution in [0.25, 0.3) is 10.9 Å². The first-order valence-corrected chi connectivity index (χ1v) is 9.98. The highest BCUT2D eigenvalue weighted by molar-refractivity contribution is 7.99. The molecule has 0 spiro atoms. The number of hydrogen-bond acceptors (Lipinski definition) is 4. The number of nitrogens with one attached hydrogen (secondary N) is 3. The van der Waals surface area contributed by atoms with Gasteiger partial charge in [-0.2, -0.15) is 8.78 Å². The number of alkyl halides is 2. The average molecular weight is 419 g/mol. The lowest BCUT2D eigenvalue weighted by Gasteiger charge is -2.17. The predicted molar refractivity (Wildman–Crippen MR) is 109 cm³/mol. The molecule has 29 heavy (non-hydrogen) atoms. The maximum atomic E-state index is 12.4. The first-order chi connectivity index (χ1) is 13.9. The van der Waals surface area contributed by atoms with Crippen LogP contribution < -0.4 is 15.8 Å². The number of rotatable bonds is 8. The molecule has 3 N–H and O–H groups in total. The van der Waals surface area contributed by atoms with Crippen molar-refractivity contribution in [1.29, 1.82) is 0 Å². The molecule has 3 aromatic rings. The minimum absolute atomic E-state index is 0.181. The molecular weight excluding hydrogens is 398 g/mol. The topological polar surface area (TPSA) is 79.3 Å². The van der Waals surface area contributed by atoms with Crippen LogP contribution in [0.15, 0.2) is 58.2 Å². The largest absolute Gasteiger partial charge is 0.321 e. The summed E-state index contributed by atoms with van der Waals surface area (Å²) in [5, 5.41) is 3.29. The first kappa shape index (κ1) is 20.9. The van der Waals surface area contributed by atoms with Gasteiger partial charge in [-0.15, -0.1) is 0 Å². The second-order valence-corrected chi connectivity index (χ2v) is 7.50. The number of aromatic nitrogens is 2. The Morgan fingerprint density at radius 2 is 1.93 bits per heavy atom. The van der Waals surface area contributed by atoms with Gasteiger partial charge in [0.25, 0.3) is 17.2 Å². The van der Waals surface area contributed by atoms with Gasteiger partial charge in [0.1, 0.15) is 6.54 Å². The van der Waals surface area contributed by atoms with Crippen molar-refractivity contribution in [3.8, 4) is 0 Å². The lowest BCUT2D eigenvalue weighted by atomic mass is 10.2. The van der Waals surface area contributed by atoms with Gasteiger partial charge in [0, 0.05) is 10.6 Å². The van der Waals surface area contributed by atoms with E-state index in [9.17, 15) is 18.4 Å². The van der Waals surface area contributed by atoms with Crippen molar-refractivity contribution in [3.05, 3.63) is 64.7 Å². The number of para-hydroxylation sites is 1. The average Bonchev–Trinajstić information content (AvgIpc) is 2.68. The Morgan fingerprint density at radius 1 is 1.21 bits per heavy atom. The number of halogens is 2. The van der Waals surface area contributed by atoms with Gasteiger partial charge in [0.2, 0.25) is 0 Å². The number of amides is 1. The molecule has 1 atom stereocenters. The van der Waals surface area contributed by atoms with E-state index in [1.165, 1.54) is 0 Å². The number of benzene rings is 2. The Balaban J connectivity index is 1.62. The van der Waals surface area contributed by atoms with E-state index in [1.807, 2.05) is 13.0 Å². The van der Waals surface area contributed by atoms with Crippen molar-refractivity contribution in [2.24, 2.45) is 0 Å². The number of quaternary nitrogens is 1. The van der Waals surface area contributed by atoms with Crippen molar-refractivity contribution in [2.45, 2.75) is 24.1 Å². The molecule has 0 aliphatic heterocycles. The zero-order valence-electron chi connectivity index (χ0n) is 15.7. The molecule has 1 aromatic heterocycles. The van der Waals surface area contributed by atoms with Gasteiger partial charge in [0.05, 0.1) is 17.4 Å². The van der Waals surface area contributed by atoms with Crippen molar-refractivity contribution < 1.29 is 18.5 Å². The fourth-order valence-corrected chi connectivity index (χ4v) is 3.42.